The molecule has 0 radical (unpaired) electrons. The van der Waals surface area contributed by atoms with Crippen molar-refractivity contribution in [3.05, 3.63) is 42.0 Å². The minimum absolute atomic E-state index is 0.0248. The van der Waals surface area contributed by atoms with Gasteiger partial charge in [0, 0.05) is 31.3 Å². The first kappa shape index (κ1) is 29.9. The van der Waals surface area contributed by atoms with Gasteiger partial charge in [-0.2, -0.15) is 4.31 Å². The normalized spacial score (nSPS) is 45.1. The second kappa shape index (κ2) is 8.92. The summed E-state index contributed by atoms with van der Waals surface area (Å²) in [4.78, 5) is 42.5. The first-order valence-corrected chi connectivity index (χ1v) is 17.7. The van der Waals surface area contributed by atoms with Crippen molar-refractivity contribution in [2.45, 2.75) is 81.7 Å². The average Bonchev–Trinajstić information content (AvgIpc) is 3.01. The van der Waals surface area contributed by atoms with Crippen LogP contribution in [0.5, 0.6) is 0 Å². The number of hydrogen-bond donors (Lipinski definition) is 2. The predicted molar refractivity (Wildman–Crippen MR) is 159 cm³/mol. The van der Waals surface area contributed by atoms with E-state index in [0.29, 0.717) is 31.3 Å². The number of piperidine rings is 1. The zero-order chi connectivity index (χ0) is 32.1. The Kier molecular flexibility index (Phi) is 5.93. The number of nitrogens with zero attached hydrogens (tertiary/aromatic N) is 1. The Labute approximate surface area is 263 Å². The summed E-state index contributed by atoms with van der Waals surface area (Å²) in [6, 6.07) is 6.65. The summed E-state index contributed by atoms with van der Waals surface area (Å²) in [5.41, 5.74) is -3.31. The van der Waals surface area contributed by atoms with Gasteiger partial charge in [0.1, 0.15) is 17.3 Å². The van der Waals surface area contributed by atoms with E-state index < -0.39 is 79.2 Å². The molecule has 3 heterocycles. The van der Waals surface area contributed by atoms with Crippen LogP contribution < -0.4 is 0 Å². The van der Waals surface area contributed by atoms with E-state index >= 15 is 0 Å². The molecule has 10 nitrogen and oxygen atoms in total. The van der Waals surface area contributed by atoms with Crippen LogP contribution in [0.2, 0.25) is 0 Å². The van der Waals surface area contributed by atoms with Gasteiger partial charge in [0.2, 0.25) is 15.8 Å². The molecule has 3 saturated heterocycles. The van der Waals surface area contributed by atoms with E-state index in [0.717, 1.165) is 5.56 Å². The minimum Gasteiger partial charge on any atom is -0.446 e. The molecule has 9 atom stereocenters. The molecule has 11 heteroatoms. The van der Waals surface area contributed by atoms with Crippen LogP contribution in [0.1, 0.15) is 57.9 Å². The van der Waals surface area contributed by atoms with Crippen molar-refractivity contribution in [2.24, 2.45) is 45.8 Å². The molecule has 9 unspecified atom stereocenters. The van der Waals surface area contributed by atoms with Crippen molar-refractivity contribution < 1.29 is 42.5 Å². The molecule has 45 heavy (non-hydrogen) atoms. The monoisotopic (exact) mass is 639 g/mol. The fraction of sp³-hybridized carbons (Fsp3) is 0.676. The lowest BCUT2D eigenvalue weighted by atomic mass is 9.21. The van der Waals surface area contributed by atoms with Crippen LogP contribution in [0.15, 0.2) is 41.3 Å². The van der Waals surface area contributed by atoms with Crippen molar-refractivity contribution in [3.63, 3.8) is 0 Å². The van der Waals surface area contributed by atoms with E-state index in [1.807, 2.05) is 20.8 Å². The standard InChI is InChI=1S/C34H41NO9S/c1-18-5-7-21(8-6-18)45(41,42)35-15-12-20(13-16-35)28(38)44-33-19(2)22-9-10-23-31-17-43-34(40,32(23,25(22)33)29(33)39)27(37)26(31)30(3,4)14-11-24(31)36/h5-8,20,22-23,25-27,37,40H,2,9-17H2,1,3-4H3. The third kappa shape index (κ3) is 3.16. The molecule has 0 amide bonds. The maximum Gasteiger partial charge on any atom is 0.310 e. The highest BCUT2D eigenvalue weighted by Crippen LogP contribution is 2.85. The summed E-state index contributed by atoms with van der Waals surface area (Å²) in [6.07, 6.45) is 1.08. The maximum absolute atomic E-state index is 14.7. The van der Waals surface area contributed by atoms with Crippen LogP contribution in [0.4, 0.5) is 0 Å². The third-order valence-corrected chi connectivity index (χ3v) is 15.3. The van der Waals surface area contributed by atoms with E-state index in [-0.39, 0.29) is 49.1 Å². The molecule has 2 spiro atoms. The molecule has 1 aromatic carbocycles. The number of benzene rings is 1. The van der Waals surface area contributed by atoms with Gasteiger partial charge in [0.15, 0.2) is 11.4 Å². The number of aliphatic hydroxyl groups is 2. The molecule has 5 saturated carbocycles. The first-order valence-electron chi connectivity index (χ1n) is 16.2. The van der Waals surface area contributed by atoms with Crippen molar-refractivity contribution in [1.29, 1.82) is 0 Å². The number of aryl methyl sites for hydroxylation is 1. The van der Waals surface area contributed by atoms with E-state index in [1.54, 1.807) is 24.3 Å². The van der Waals surface area contributed by atoms with Crippen molar-refractivity contribution in [1.82, 2.24) is 4.31 Å². The molecule has 8 fully saturated rings. The molecule has 2 bridgehead atoms. The van der Waals surface area contributed by atoms with Gasteiger partial charge in [-0.05, 0) is 74.0 Å². The molecule has 242 valence electrons. The molecule has 5 aliphatic carbocycles. The topological polar surface area (TPSA) is 148 Å². The zero-order valence-corrected chi connectivity index (χ0v) is 26.8. The van der Waals surface area contributed by atoms with Gasteiger partial charge in [-0.1, -0.05) is 38.1 Å². The first-order chi connectivity index (χ1) is 21.1. The molecule has 3 aliphatic heterocycles. The highest BCUT2D eigenvalue weighted by molar-refractivity contribution is 7.89. The average molecular weight is 640 g/mol. The third-order valence-electron chi connectivity index (χ3n) is 13.4. The Bertz CT molecular complexity index is 1660. The summed E-state index contributed by atoms with van der Waals surface area (Å²) in [5.74, 6) is -5.91. The minimum atomic E-state index is -3.72. The number of carbonyl (C=O) groups is 3. The highest BCUT2D eigenvalue weighted by atomic mass is 32.2. The Morgan fingerprint density at radius 1 is 1.07 bits per heavy atom. The number of sulfonamides is 1. The smallest absolute Gasteiger partial charge is 0.310 e. The Morgan fingerprint density at radius 3 is 2.40 bits per heavy atom. The quantitative estimate of drug-likeness (QED) is 0.375. The number of rotatable bonds is 4. The SMILES string of the molecule is C=C1C2CCC3C45COC(O)(C(O)C4C(C)(C)CCC5=O)C34C(=O)C1(OC(=O)C1CCN(S(=O)(=O)c3ccc(C)cc3)CC1)C24. The number of hydrogen-bond acceptors (Lipinski definition) is 9. The molecular weight excluding hydrogens is 598 g/mol. The molecule has 0 aromatic heterocycles. The van der Waals surface area contributed by atoms with Crippen LogP contribution in [-0.4, -0.2) is 77.7 Å². The van der Waals surface area contributed by atoms with Crippen LogP contribution in [-0.2, 0) is 33.9 Å². The lowest BCUT2D eigenvalue weighted by Crippen LogP contribution is -2.97. The van der Waals surface area contributed by atoms with Gasteiger partial charge in [-0.25, -0.2) is 8.42 Å². The number of esters is 1. The van der Waals surface area contributed by atoms with Gasteiger partial charge < -0.3 is 19.7 Å². The van der Waals surface area contributed by atoms with Gasteiger partial charge in [0.25, 0.3) is 0 Å². The second-order valence-corrected chi connectivity index (χ2v) is 17.4. The van der Waals surface area contributed by atoms with Crippen LogP contribution in [0.3, 0.4) is 0 Å². The fourth-order valence-electron chi connectivity index (χ4n) is 11.3. The van der Waals surface area contributed by atoms with Gasteiger partial charge in [-0.3, -0.25) is 14.4 Å². The lowest BCUT2D eigenvalue weighted by Gasteiger charge is -2.84. The van der Waals surface area contributed by atoms with Crippen LogP contribution >= 0.6 is 0 Å². The van der Waals surface area contributed by atoms with Crippen molar-refractivity contribution in [2.75, 3.05) is 19.7 Å². The van der Waals surface area contributed by atoms with E-state index in [1.165, 1.54) is 4.31 Å². The number of carbonyl (C=O) groups excluding carboxylic acids is 3. The zero-order valence-electron chi connectivity index (χ0n) is 26.0. The van der Waals surface area contributed by atoms with Crippen LogP contribution in [0.25, 0.3) is 0 Å². The lowest BCUT2D eigenvalue weighted by molar-refractivity contribution is -0.465. The summed E-state index contributed by atoms with van der Waals surface area (Å²) in [5, 5.41) is 24.1. The summed E-state index contributed by atoms with van der Waals surface area (Å²) in [7, 11) is -3.72. The van der Waals surface area contributed by atoms with Crippen molar-refractivity contribution >= 4 is 27.6 Å². The number of ether oxygens (including phenoxy) is 2. The number of aliphatic hydroxyl groups excluding tert-OH is 1. The largest absolute Gasteiger partial charge is 0.446 e. The van der Waals surface area contributed by atoms with Gasteiger partial charge in [-0.15, -0.1) is 0 Å². The fourth-order valence-corrected chi connectivity index (χ4v) is 12.8. The number of Topliss-reactive ketones (excluding diaryl/α,β-unsaturated/α-hetero) is 2. The number of ketones is 2. The van der Waals surface area contributed by atoms with Crippen molar-refractivity contribution in [3.8, 4) is 0 Å². The molecule has 2 N–H and O–H groups in total. The molecule has 1 aromatic rings. The Hall–Kier alpha value is -2.44. The molecule has 8 aliphatic rings. The summed E-state index contributed by atoms with van der Waals surface area (Å²) >= 11 is 0. The van der Waals surface area contributed by atoms with Crippen LogP contribution in [0, 0.1) is 52.8 Å². The van der Waals surface area contributed by atoms with E-state index in [9.17, 15) is 33.0 Å². The Morgan fingerprint density at radius 2 is 1.73 bits per heavy atom. The number of fused-ring (bicyclic) bond motifs is 1. The van der Waals surface area contributed by atoms with Gasteiger partial charge >= 0.3 is 5.97 Å². The van der Waals surface area contributed by atoms with Gasteiger partial charge in [0.05, 0.1) is 22.8 Å². The summed E-state index contributed by atoms with van der Waals surface area (Å²) in [6.45, 7) is 10.3. The van der Waals surface area contributed by atoms with E-state index in [2.05, 4.69) is 6.58 Å². The highest BCUT2D eigenvalue weighted by Gasteiger charge is 2.97. The summed E-state index contributed by atoms with van der Waals surface area (Å²) < 4.78 is 40.0. The van der Waals surface area contributed by atoms with E-state index in [4.69, 9.17) is 9.47 Å². The Balaban J connectivity index is 1.07. The second-order valence-electron chi connectivity index (χ2n) is 15.4. The molecule has 9 rings (SSSR count). The molecular formula is C34H41NO9S. The maximum atomic E-state index is 14.7. The predicted octanol–water partition coefficient (Wildman–Crippen LogP) is 2.54.